The van der Waals surface area contributed by atoms with Gasteiger partial charge in [0.25, 0.3) is 6.43 Å². The molecule has 0 spiro atoms. The highest BCUT2D eigenvalue weighted by Crippen LogP contribution is 2.38. The Balaban J connectivity index is 2.57. The second-order valence-electron chi connectivity index (χ2n) is 5.97. The Morgan fingerprint density at radius 2 is 2.00 bits per heavy atom. The summed E-state index contributed by atoms with van der Waals surface area (Å²) < 4.78 is 30.0. The zero-order valence-corrected chi connectivity index (χ0v) is 13.9. The van der Waals surface area contributed by atoms with Gasteiger partial charge in [0.2, 0.25) is 0 Å². The van der Waals surface area contributed by atoms with Gasteiger partial charge in [-0.15, -0.1) is 0 Å². The lowest BCUT2D eigenvalue weighted by atomic mass is 9.71. The normalized spacial score (nSPS) is 23.0. The van der Waals surface area contributed by atoms with Crippen LogP contribution in [0.4, 0.5) is 8.78 Å². The number of methoxy groups -OCH3 is 1. The van der Waals surface area contributed by atoms with Crippen LogP contribution in [0.1, 0.15) is 43.1 Å². The lowest BCUT2D eigenvalue weighted by molar-refractivity contribution is -0.157. The van der Waals surface area contributed by atoms with Gasteiger partial charge in [-0.25, -0.2) is 8.78 Å². The van der Waals surface area contributed by atoms with E-state index in [1.54, 1.807) is 0 Å². The summed E-state index contributed by atoms with van der Waals surface area (Å²) in [7, 11) is 1.12. The Kier molecular flexibility index (Phi) is 5.01. The van der Waals surface area contributed by atoms with Crippen molar-refractivity contribution >= 4 is 23.3 Å². The molecule has 8 heteroatoms. The number of rotatable bonds is 3. The number of hydrogen-bond acceptors (Lipinski definition) is 6. The summed E-state index contributed by atoms with van der Waals surface area (Å²) in [4.78, 5) is 40.5. The lowest BCUT2D eigenvalue weighted by Crippen LogP contribution is -2.44. The van der Waals surface area contributed by atoms with Crippen LogP contribution in [-0.2, 0) is 19.1 Å². The molecule has 1 fully saturated rings. The number of hydrogen-bond donors (Lipinski definition) is 1. The lowest BCUT2D eigenvalue weighted by Gasteiger charge is -2.30. The molecule has 1 saturated carbocycles. The molecule has 1 unspecified atom stereocenters. The molecule has 1 aromatic heterocycles. The fourth-order valence-corrected chi connectivity index (χ4v) is 2.75. The van der Waals surface area contributed by atoms with Gasteiger partial charge >= 0.3 is 5.97 Å². The van der Waals surface area contributed by atoms with Gasteiger partial charge in [-0.2, -0.15) is 0 Å². The summed E-state index contributed by atoms with van der Waals surface area (Å²) in [6, 6.07) is 2.16. The molecule has 1 aromatic rings. The van der Waals surface area contributed by atoms with Crippen molar-refractivity contribution < 1.29 is 33.0 Å². The van der Waals surface area contributed by atoms with Gasteiger partial charge in [-0.3, -0.25) is 19.4 Å². The van der Waals surface area contributed by atoms with E-state index in [0.29, 0.717) is 0 Å². The Morgan fingerprint density at radius 3 is 2.52 bits per heavy atom. The van der Waals surface area contributed by atoms with Crippen molar-refractivity contribution in [1.29, 1.82) is 0 Å². The minimum atomic E-state index is -2.79. The average molecular weight is 353 g/mol. The number of aliphatic hydroxyl groups excluding tert-OH is 1. The molecule has 1 heterocycles. The smallest absolute Gasteiger partial charge is 0.319 e. The van der Waals surface area contributed by atoms with Crippen LogP contribution in [0.5, 0.6) is 0 Å². The number of aromatic nitrogens is 1. The molecular formula is C17H17F2NO5. The number of pyridine rings is 1. The van der Waals surface area contributed by atoms with Crippen molar-refractivity contribution in [1.82, 2.24) is 4.98 Å². The van der Waals surface area contributed by atoms with Crippen molar-refractivity contribution in [3.8, 4) is 0 Å². The molecule has 0 amide bonds. The SMILES string of the molecule is COC(=O)C1(C)CCC(=O)C(=C(O)c2ccc(C(F)F)nc2C)C1=O. The van der Waals surface area contributed by atoms with E-state index in [1.165, 1.54) is 13.8 Å². The first kappa shape index (κ1) is 18.7. The predicted octanol–water partition coefficient (Wildman–Crippen LogP) is 2.71. The van der Waals surface area contributed by atoms with E-state index in [-0.39, 0.29) is 24.1 Å². The van der Waals surface area contributed by atoms with Gasteiger partial charge in [0.1, 0.15) is 22.4 Å². The maximum Gasteiger partial charge on any atom is 0.319 e. The van der Waals surface area contributed by atoms with E-state index >= 15 is 0 Å². The van der Waals surface area contributed by atoms with Gasteiger partial charge < -0.3 is 9.84 Å². The van der Waals surface area contributed by atoms with E-state index < -0.39 is 46.4 Å². The number of nitrogens with zero attached hydrogens (tertiary/aromatic N) is 1. The quantitative estimate of drug-likeness (QED) is 0.295. The number of ketones is 2. The number of carbonyl (C=O) groups is 3. The number of esters is 1. The molecule has 1 N–H and O–H groups in total. The van der Waals surface area contributed by atoms with E-state index in [9.17, 15) is 28.3 Å². The van der Waals surface area contributed by atoms with E-state index in [0.717, 1.165) is 19.2 Å². The van der Waals surface area contributed by atoms with Crippen LogP contribution in [0.2, 0.25) is 0 Å². The van der Waals surface area contributed by atoms with E-state index in [1.807, 2.05) is 0 Å². The number of aliphatic hydroxyl groups is 1. The number of ether oxygens (including phenoxy) is 1. The first-order valence-electron chi connectivity index (χ1n) is 7.49. The van der Waals surface area contributed by atoms with Crippen molar-refractivity contribution in [3.63, 3.8) is 0 Å². The van der Waals surface area contributed by atoms with Crippen LogP contribution >= 0.6 is 0 Å². The molecule has 0 aliphatic heterocycles. The molecule has 2 rings (SSSR count). The van der Waals surface area contributed by atoms with Crippen molar-refractivity contribution in [3.05, 3.63) is 34.7 Å². The van der Waals surface area contributed by atoms with Gasteiger partial charge in [0, 0.05) is 17.7 Å². The van der Waals surface area contributed by atoms with Crippen molar-refractivity contribution in [2.45, 2.75) is 33.1 Å². The van der Waals surface area contributed by atoms with Crippen molar-refractivity contribution in [2.75, 3.05) is 7.11 Å². The number of halogens is 2. The summed E-state index contributed by atoms with van der Waals surface area (Å²) in [5, 5.41) is 10.4. The molecule has 25 heavy (non-hydrogen) atoms. The van der Waals surface area contributed by atoms with Crippen LogP contribution in [0, 0.1) is 12.3 Å². The summed E-state index contributed by atoms with van der Waals surface area (Å²) in [5.41, 5.74) is -2.59. The standard InChI is InChI=1S/C17H17F2NO5/c1-8-9(4-5-10(20-8)15(18)19)13(22)12-11(21)6-7-17(2,14(12)23)16(24)25-3/h4-5,15,22H,6-7H2,1-3H3. The van der Waals surface area contributed by atoms with Gasteiger partial charge in [-0.05, 0) is 32.4 Å². The number of Topliss-reactive ketones (excluding diaryl/α,β-unsaturated/α-hetero) is 2. The van der Waals surface area contributed by atoms with Crippen LogP contribution < -0.4 is 0 Å². The molecule has 0 aromatic carbocycles. The predicted molar refractivity (Wildman–Crippen MR) is 82.9 cm³/mol. The number of allylic oxidation sites excluding steroid dienone is 1. The summed E-state index contributed by atoms with van der Waals surface area (Å²) in [5.74, 6) is -2.96. The minimum absolute atomic E-state index is 0.0183. The number of alkyl halides is 2. The number of aryl methyl sites for hydroxylation is 1. The van der Waals surface area contributed by atoms with E-state index in [4.69, 9.17) is 0 Å². The van der Waals surface area contributed by atoms with E-state index in [2.05, 4.69) is 9.72 Å². The van der Waals surface area contributed by atoms with Crippen LogP contribution in [-0.4, -0.2) is 34.7 Å². The largest absolute Gasteiger partial charge is 0.506 e. The summed E-state index contributed by atoms with van der Waals surface area (Å²) >= 11 is 0. The number of carbonyl (C=O) groups excluding carboxylic acids is 3. The summed E-state index contributed by atoms with van der Waals surface area (Å²) in [6.45, 7) is 2.71. The average Bonchev–Trinajstić information content (AvgIpc) is 2.57. The molecule has 1 atom stereocenters. The monoisotopic (exact) mass is 353 g/mol. The third kappa shape index (κ3) is 3.16. The molecule has 0 radical (unpaired) electrons. The zero-order valence-electron chi connectivity index (χ0n) is 13.9. The highest BCUT2D eigenvalue weighted by Gasteiger charge is 2.49. The molecule has 1 aliphatic rings. The first-order valence-corrected chi connectivity index (χ1v) is 7.49. The molecule has 1 aliphatic carbocycles. The zero-order chi connectivity index (χ0) is 18.9. The molecule has 0 saturated heterocycles. The fourth-order valence-electron chi connectivity index (χ4n) is 2.75. The van der Waals surface area contributed by atoms with Gasteiger partial charge in [0.05, 0.1) is 7.11 Å². The molecule has 0 bridgehead atoms. The molecule has 134 valence electrons. The maximum atomic E-state index is 12.7. The fraction of sp³-hybridized carbons (Fsp3) is 0.412. The Bertz CT molecular complexity index is 787. The second-order valence-corrected chi connectivity index (χ2v) is 5.97. The van der Waals surface area contributed by atoms with Crippen LogP contribution in [0.15, 0.2) is 17.7 Å². The van der Waals surface area contributed by atoms with Crippen molar-refractivity contribution in [2.24, 2.45) is 5.41 Å². The summed E-state index contributed by atoms with van der Waals surface area (Å²) in [6.07, 6.45) is -2.95. The van der Waals surface area contributed by atoms with Crippen LogP contribution in [0.3, 0.4) is 0 Å². The third-order valence-electron chi connectivity index (χ3n) is 4.32. The van der Waals surface area contributed by atoms with Gasteiger partial charge in [0.15, 0.2) is 11.6 Å². The Labute approximate surface area is 142 Å². The highest BCUT2D eigenvalue weighted by atomic mass is 19.3. The Hall–Kier alpha value is -2.64. The Morgan fingerprint density at radius 1 is 1.36 bits per heavy atom. The molecular weight excluding hydrogens is 336 g/mol. The minimum Gasteiger partial charge on any atom is -0.506 e. The molecule has 6 nitrogen and oxygen atoms in total. The highest BCUT2D eigenvalue weighted by molar-refractivity contribution is 6.31. The third-order valence-corrected chi connectivity index (χ3v) is 4.32. The van der Waals surface area contributed by atoms with Gasteiger partial charge in [-0.1, -0.05) is 0 Å². The second kappa shape index (κ2) is 6.70. The topological polar surface area (TPSA) is 93.6 Å². The van der Waals surface area contributed by atoms with Crippen LogP contribution in [0.25, 0.3) is 5.76 Å². The maximum absolute atomic E-state index is 12.7. The first-order chi connectivity index (χ1) is 11.6.